The third kappa shape index (κ3) is 5.03. The second-order valence-electron chi connectivity index (χ2n) is 6.44. The van der Waals surface area contributed by atoms with Gasteiger partial charge in [0, 0.05) is 24.2 Å². The molecule has 0 spiro atoms. The molecule has 30 heavy (non-hydrogen) atoms. The van der Waals surface area contributed by atoms with Crippen molar-refractivity contribution in [2.45, 2.75) is 19.5 Å². The first kappa shape index (κ1) is 21.5. The molecule has 0 aliphatic rings. The van der Waals surface area contributed by atoms with E-state index < -0.39 is 23.7 Å². The number of rotatable bonds is 7. The van der Waals surface area contributed by atoms with Crippen LogP contribution in [0.3, 0.4) is 0 Å². The molecule has 1 amide bonds. The molecular formula is C21H20ClFN4O3. The van der Waals surface area contributed by atoms with Crippen molar-refractivity contribution in [3.63, 3.8) is 0 Å². The fourth-order valence-corrected chi connectivity index (χ4v) is 3.07. The molecule has 3 N–H and O–H groups in total. The summed E-state index contributed by atoms with van der Waals surface area (Å²) < 4.78 is 20.9. The van der Waals surface area contributed by atoms with E-state index in [4.69, 9.17) is 22.1 Å². The lowest BCUT2D eigenvalue weighted by atomic mass is 10.1. The van der Waals surface area contributed by atoms with E-state index in [-0.39, 0.29) is 12.1 Å². The minimum atomic E-state index is -1.09. The number of hydrogen-bond donors (Lipinski definition) is 2. The van der Waals surface area contributed by atoms with Crippen molar-refractivity contribution in [3.05, 3.63) is 71.1 Å². The van der Waals surface area contributed by atoms with Crippen molar-refractivity contribution in [1.82, 2.24) is 15.1 Å². The summed E-state index contributed by atoms with van der Waals surface area (Å²) >= 11 is 6.17. The van der Waals surface area contributed by atoms with Gasteiger partial charge in [-0.05, 0) is 37.3 Å². The minimum Gasteiger partial charge on any atom is -0.425 e. The number of carbonyl (C=O) groups is 2. The second-order valence-corrected chi connectivity index (χ2v) is 6.84. The maximum absolute atomic E-state index is 14.2. The number of nitrogens with one attached hydrogen (secondary N) is 1. The van der Waals surface area contributed by atoms with E-state index in [1.807, 2.05) is 6.92 Å². The summed E-state index contributed by atoms with van der Waals surface area (Å²) in [6.07, 6.45) is 1.46. The Balaban J connectivity index is 1.69. The van der Waals surface area contributed by atoms with Gasteiger partial charge in [0.15, 0.2) is 0 Å². The zero-order chi connectivity index (χ0) is 21.7. The maximum atomic E-state index is 14.2. The molecule has 1 heterocycles. The highest BCUT2D eigenvalue weighted by Gasteiger charge is 2.19. The Hall–Kier alpha value is -3.23. The van der Waals surface area contributed by atoms with Gasteiger partial charge in [-0.25, -0.2) is 9.18 Å². The fourth-order valence-electron chi connectivity index (χ4n) is 2.82. The van der Waals surface area contributed by atoms with Crippen LogP contribution >= 0.6 is 11.6 Å². The summed E-state index contributed by atoms with van der Waals surface area (Å²) in [7, 11) is 0. The van der Waals surface area contributed by atoms with Crippen LogP contribution in [0.25, 0.3) is 11.3 Å². The normalized spacial score (nSPS) is 11.7. The molecule has 0 saturated heterocycles. The lowest BCUT2D eigenvalue weighted by Crippen LogP contribution is -2.44. The Morgan fingerprint density at radius 1 is 1.27 bits per heavy atom. The van der Waals surface area contributed by atoms with Gasteiger partial charge in [-0.3, -0.25) is 9.48 Å². The first-order valence-electron chi connectivity index (χ1n) is 9.21. The molecule has 0 aliphatic heterocycles. The van der Waals surface area contributed by atoms with E-state index >= 15 is 0 Å². The fraction of sp³-hybridized carbons (Fsp3) is 0.190. The molecule has 3 aromatic rings. The number of para-hydroxylation sites is 1. The molecule has 9 heteroatoms. The SMILES string of the molecule is CCn1ncc(Cl)c1-c1cc(F)cc(C(=O)NCC(N)C(=O)Oc2ccccc2)c1. The van der Waals surface area contributed by atoms with Crippen LogP contribution in [0, 0.1) is 5.82 Å². The number of aryl methyl sites for hydroxylation is 1. The van der Waals surface area contributed by atoms with Crippen molar-refractivity contribution < 1.29 is 18.7 Å². The van der Waals surface area contributed by atoms with Gasteiger partial charge < -0.3 is 15.8 Å². The molecule has 0 aliphatic carbocycles. The number of hydrogen-bond acceptors (Lipinski definition) is 5. The highest BCUT2D eigenvalue weighted by molar-refractivity contribution is 6.33. The number of halogens is 2. The van der Waals surface area contributed by atoms with Gasteiger partial charge in [0.05, 0.1) is 16.9 Å². The van der Waals surface area contributed by atoms with Crippen LogP contribution < -0.4 is 15.8 Å². The topological polar surface area (TPSA) is 99.2 Å². The van der Waals surface area contributed by atoms with Crippen molar-refractivity contribution in [2.24, 2.45) is 5.73 Å². The summed E-state index contributed by atoms with van der Waals surface area (Å²) in [5, 5.41) is 6.99. The first-order chi connectivity index (χ1) is 14.4. The number of amides is 1. The Labute approximate surface area is 177 Å². The standard InChI is InChI=1S/C21H20ClFN4O3/c1-2-27-19(17(22)11-26-27)13-8-14(10-15(23)9-13)20(28)25-12-18(24)21(29)30-16-6-4-3-5-7-16/h3-11,18H,2,12,24H2,1H3,(H,25,28). The van der Waals surface area contributed by atoms with Gasteiger partial charge in [-0.2, -0.15) is 5.10 Å². The van der Waals surface area contributed by atoms with E-state index in [9.17, 15) is 14.0 Å². The quantitative estimate of drug-likeness (QED) is 0.443. The van der Waals surface area contributed by atoms with Crippen LogP contribution in [0.5, 0.6) is 5.75 Å². The smallest absolute Gasteiger partial charge is 0.330 e. The zero-order valence-electron chi connectivity index (χ0n) is 16.1. The zero-order valence-corrected chi connectivity index (χ0v) is 16.9. The monoisotopic (exact) mass is 430 g/mol. The molecule has 0 saturated carbocycles. The van der Waals surface area contributed by atoms with Gasteiger partial charge in [0.1, 0.15) is 17.6 Å². The molecule has 0 radical (unpaired) electrons. The van der Waals surface area contributed by atoms with Gasteiger partial charge in [0.2, 0.25) is 0 Å². The number of nitrogens with two attached hydrogens (primary N) is 1. The van der Waals surface area contributed by atoms with Crippen molar-refractivity contribution in [1.29, 1.82) is 0 Å². The third-order valence-electron chi connectivity index (χ3n) is 4.27. The number of ether oxygens (including phenoxy) is 1. The van der Waals surface area contributed by atoms with Gasteiger partial charge in [-0.15, -0.1) is 0 Å². The first-order valence-corrected chi connectivity index (χ1v) is 9.59. The number of esters is 1. The molecule has 156 valence electrons. The van der Waals surface area contributed by atoms with Gasteiger partial charge in [0.25, 0.3) is 5.91 Å². The Morgan fingerprint density at radius 3 is 2.70 bits per heavy atom. The summed E-state index contributed by atoms with van der Waals surface area (Å²) in [6, 6.07) is 11.2. The van der Waals surface area contributed by atoms with Crippen LogP contribution in [0.15, 0.2) is 54.7 Å². The highest BCUT2D eigenvalue weighted by atomic mass is 35.5. The molecule has 3 rings (SSSR count). The average Bonchev–Trinajstić information content (AvgIpc) is 3.12. The highest BCUT2D eigenvalue weighted by Crippen LogP contribution is 2.29. The molecule has 0 fully saturated rings. The number of carbonyl (C=O) groups excluding carboxylic acids is 2. The maximum Gasteiger partial charge on any atom is 0.330 e. The predicted octanol–water partition coefficient (Wildman–Crippen LogP) is 3.03. The molecule has 1 atom stereocenters. The van der Waals surface area contributed by atoms with Crippen molar-refractivity contribution >= 4 is 23.5 Å². The Kier molecular flexibility index (Phi) is 6.81. The average molecular weight is 431 g/mol. The lowest BCUT2D eigenvalue weighted by molar-refractivity contribution is -0.135. The minimum absolute atomic E-state index is 0.0635. The molecule has 0 bridgehead atoms. The Morgan fingerprint density at radius 2 is 2.00 bits per heavy atom. The second kappa shape index (κ2) is 9.51. The summed E-state index contributed by atoms with van der Waals surface area (Å²) in [5.74, 6) is -1.54. The number of benzene rings is 2. The van der Waals surface area contributed by atoms with Crippen LogP contribution in [0.1, 0.15) is 17.3 Å². The molecule has 7 nitrogen and oxygen atoms in total. The Bertz CT molecular complexity index is 1060. The van der Waals surface area contributed by atoms with E-state index in [1.165, 1.54) is 18.3 Å². The van der Waals surface area contributed by atoms with Crippen LogP contribution in [0.4, 0.5) is 4.39 Å². The van der Waals surface area contributed by atoms with E-state index in [2.05, 4.69) is 10.4 Å². The van der Waals surface area contributed by atoms with E-state index in [1.54, 1.807) is 35.0 Å². The molecular weight excluding hydrogens is 411 g/mol. The predicted molar refractivity (Wildman–Crippen MR) is 111 cm³/mol. The van der Waals surface area contributed by atoms with Gasteiger partial charge in [-0.1, -0.05) is 29.8 Å². The van der Waals surface area contributed by atoms with Crippen LogP contribution in [-0.4, -0.2) is 34.2 Å². The molecule has 2 aromatic carbocycles. The summed E-state index contributed by atoms with van der Waals surface area (Å²) in [6.45, 7) is 2.22. The van der Waals surface area contributed by atoms with E-state index in [0.29, 0.717) is 28.6 Å². The van der Waals surface area contributed by atoms with Crippen molar-refractivity contribution in [3.8, 4) is 17.0 Å². The lowest BCUT2D eigenvalue weighted by Gasteiger charge is -2.13. The summed E-state index contributed by atoms with van der Waals surface area (Å²) in [4.78, 5) is 24.6. The molecule has 1 aromatic heterocycles. The third-order valence-corrected chi connectivity index (χ3v) is 4.55. The van der Waals surface area contributed by atoms with Gasteiger partial charge >= 0.3 is 5.97 Å². The van der Waals surface area contributed by atoms with Crippen LogP contribution in [0.2, 0.25) is 5.02 Å². The number of nitrogens with zero attached hydrogens (tertiary/aromatic N) is 2. The van der Waals surface area contributed by atoms with E-state index in [0.717, 1.165) is 6.07 Å². The van der Waals surface area contributed by atoms with Crippen LogP contribution in [-0.2, 0) is 11.3 Å². The van der Waals surface area contributed by atoms with Crippen molar-refractivity contribution in [2.75, 3.05) is 6.54 Å². The molecule has 1 unspecified atom stereocenters. The number of aromatic nitrogens is 2. The summed E-state index contributed by atoms with van der Waals surface area (Å²) in [5.41, 5.74) is 6.78. The largest absolute Gasteiger partial charge is 0.425 e.